The number of anilines is 1. The minimum atomic E-state index is -0.655. The summed E-state index contributed by atoms with van der Waals surface area (Å²) in [6, 6.07) is 7.69. The van der Waals surface area contributed by atoms with Gasteiger partial charge in [0.15, 0.2) is 0 Å². The van der Waals surface area contributed by atoms with Crippen molar-refractivity contribution >= 4 is 33.6 Å². The summed E-state index contributed by atoms with van der Waals surface area (Å²) in [5, 5.41) is 18.9. The molecule has 1 amide bonds. The molecule has 0 aliphatic carbocycles. The number of carbonyl (C=O) groups excluding carboxylic acids is 1. The topological polar surface area (TPSA) is 90.4 Å². The lowest BCUT2D eigenvalue weighted by molar-refractivity contribution is -0.117. The summed E-state index contributed by atoms with van der Waals surface area (Å²) < 4.78 is 0. The monoisotopic (exact) mass is 455 g/mol. The van der Waals surface area contributed by atoms with Crippen molar-refractivity contribution in [3.8, 4) is 10.4 Å². The van der Waals surface area contributed by atoms with E-state index in [1.807, 2.05) is 36.1 Å². The molecule has 2 fully saturated rings. The van der Waals surface area contributed by atoms with Crippen LogP contribution in [-0.4, -0.2) is 51.6 Å². The predicted molar refractivity (Wildman–Crippen MR) is 123 cm³/mol. The van der Waals surface area contributed by atoms with Crippen LogP contribution in [0.25, 0.3) is 10.4 Å². The van der Waals surface area contributed by atoms with E-state index in [0.29, 0.717) is 5.92 Å². The first kappa shape index (κ1) is 20.7. The summed E-state index contributed by atoms with van der Waals surface area (Å²) in [6.45, 7) is 4.49. The molecule has 31 heavy (non-hydrogen) atoms. The van der Waals surface area contributed by atoms with Crippen LogP contribution in [0.1, 0.15) is 40.6 Å². The van der Waals surface area contributed by atoms with Crippen molar-refractivity contribution in [2.45, 2.75) is 38.0 Å². The minimum absolute atomic E-state index is 0.00791. The van der Waals surface area contributed by atoms with E-state index in [0.717, 1.165) is 58.6 Å². The Kier molecular flexibility index (Phi) is 5.85. The Morgan fingerprint density at radius 1 is 1.26 bits per heavy atom. The molecule has 162 valence electrons. The highest BCUT2D eigenvalue weighted by Gasteiger charge is 2.36. The van der Waals surface area contributed by atoms with Gasteiger partial charge in [-0.3, -0.25) is 14.7 Å². The largest absolute Gasteiger partial charge is 0.373 e. The van der Waals surface area contributed by atoms with E-state index in [1.165, 1.54) is 16.2 Å². The van der Waals surface area contributed by atoms with Crippen LogP contribution >= 0.6 is 22.7 Å². The van der Waals surface area contributed by atoms with Crippen molar-refractivity contribution in [3.63, 3.8) is 0 Å². The Bertz CT molecular complexity index is 1060. The van der Waals surface area contributed by atoms with Crippen LogP contribution in [0, 0.1) is 6.92 Å². The van der Waals surface area contributed by atoms with Gasteiger partial charge in [-0.1, -0.05) is 0 Å². The third-order valence-electron chi connectivity index (χ3n) is 5.87. The smallest absolute Gasteiger partial charge is 0.242 e. The first-order chi connectivity index (χ1) is 15.1. The number of likely N-dealkylation sites (tertiary alicyclic amines) is 1. The van der Waals surface area contributed by atoms with Crippen LogP contribution in [0.2, 0.25) is 0 Å². The van der Waals surface area contributed by atoms with Crippen LogP contribution in [0.4, 0.5) is 5.00 Å². The van der Waals surface area contributed by atoms with Gasteiger partial charge in [0.1, 0.15) is 6.23 Å². The van der Waals surface area contributed by atoms with Gasteiger partial charge >= 0.3 is 0 Å². The first-order valence-electron chi connectivity index (χ1n) is 10.5. The fourth-order valence-corrected chi connectivity index (χ4v) is 6.17. The molecule has 0 radical (unpaired) electrons. The van der Waals surface area contributed by atoms with Crippen LogP contribution < -0.4 is 10.6 Å². The Balaban J connectivity index is 1.19. The number of aliphatic hydroxyl groups is 1. The van der Waals surface area contributed by atoms with Crippen molar-refractivity contribution < 1.29 is 9.90 Å². The van der Waals surface area contributed by atoms with Gasteiger partial charge in [0, 0.05) is 31.4 Å². The fourth-order valence-electron chi connectivity index (χ4n) is 4.09. The third-order valence-corrected chi connectivity index (χ3v) is 8.27. The van der Waals surface area contributed by atoms with E-state index in [-0.39, 0.29) is 11.9 Å². The number of amides is 1. The molecule has 2 aliphatic heterocycles. The molecule has 0 spiro atoms. The van der Waals surface area contributed by atoms with Crippen LogP contribution in [0.5, 0.6) is 0 Å². The summed E-state index contributed by atoms with van der Waals surface area (Å²) in [7, 11) is 0. The summed E-state index contributed by atoms with van der Waals surface area (Å²) in [5.74, 6) is 0.343. The summed E-state index contributed by atoms with van der Waals surface area (Å²) in [6.07, 6.45) is 4.86. The maximum absolute atomic E-state index is 12.3. The maximum atomic E-state index is 12.3. The van der Waals surface area contributed by atoms with Crippen molar-refractivity contribution in [1.29, 1.82) is 0 Å². The van der Waals surface area contributed by atoms with Gasteiger partial charge in [-0.15, -0.1) is 22.7 Å². The van der Waals surface area contributed by atoms with Crippen LogP contribution in [-0.2, 0) is 4.79 Å². The number of pyridine rings is 1. The zero-order valence-electron chi connectivity index (χ0n) is 17.2. The molecular formula is C22H25N5O2S2. The van der Waals surface area contributed by atoms with E-state index in [9.17, 15) is 9.90 Å². The van der Waals surface area contributed by atoms with E-state index < -0.39 is 6.23 Å². The second-order valence-electron chi connectivity index (χ2n) is 8.07. The number of hydrogen-bond acceptors (Lipinski definition) is 8. The number of hydrogen-bond donors (Lipinski definition) is 3. The number of nitrogens with one attached hydrogen (secondary N) is 2. The summed E-state index contributed by atoms with van der Waals surface area (Å²) >= 11 is 3.17. The molecule has 0 bridgehead atoms. The molecule has 2 aliphatic rings. The number of thiophene rings is 1. The summed E-state index contributed by atoms with van der Waals surface area (Å²) in [4.78, 5) is 25.2. The zero-order valence-corrected chi connectivity index (χ0v) is 18.9. The third kappa shape index (κ3) is 4.28. The number of nitrogens with zero attached hydrogens (tertiary/aromatic N) is 3. The number of carbonyl (C=O) groups is 1. The molecule has 0 saturated carbocycles. The van der Waals surface area contributed by atoms with E-state index in [4.69, 9.17) is 4.98 Å². The highest BCUT2D eigenvalue weighted by molar-refractivity contribution is 7.16. The van der Waals surface area contributed by atoms with Crippen LogP contribution in [0.3, 0.4) is 0 Å². The van der Waals surface area contributed by atoms with Gasteiger partial charge in [-0.2, -0.15) is 0 Å². The molecule has 1 unspecified atom stereocenters. The molecule has 2 saturated heterocycles. The van der Waals surface area contributed by atoms with Gasteiger partial charge < -0.3 is 15.7 Å². The van der Waals surface area contributed by atoms with Crippen molar-refractivity contribution in [3.05, 3.63) is 52.2 Å². The number of thiazole rings is 1. The molecule has 0 aromatic carbocycles. The molecule has 5 heterocycles. The van der Waals surface area contributed by atoms with Gasteiger partial charge in [0.25, 0.3) is 0 Å². The quantitative estimate of drug-likeness (QED) is 0.528. The number of aromatic nitrogens is 2. The lowest BCUT2D eigenvalue weighted by atomic mass is 10.0. The first-order valence-corrected chi connectivity index (χ1v) is 12.2. The second-order valence-corrected chi connectivity index (χ2v) is 10.2. The maximum Gasteiger partial charge on any atom is 0.242 e. The molecule has 9 heteroatoms. The van der Waals surface area contributed by atoms with E-state index >= 15 is 0 Å². The Morgan fingerprint density at radius 2 is 2.06 bits per heavy atom. The molecule has 3 aromatic heterocycles. The number of rotatable bonds is 6. The Labute approximate surface area is 189 Å². The molecule has 5 rings (SSSR count). The van der Waals surface area contributed by atoms with Gasteiger partial charge in [-0.25, -0.2) is 4.98 Å². The average molecular weight is 456 g/mol. The molecular weight excluding hydrogens is 430 g/mol. The Morgan fingerprint density at radius 3 is 2.81 bits per heavy atom. The zero-order chi connectivity index (χ0) is 21.4. The van der Waals surface area contributed by atoms with Crippen molar-refractivity contribution in [2.75, 3.05) is 25.0 Å². The molecule has 3 aromatic rings. The molecule has 2 atom stereocenters. The highest BCUT2D eigenvalue weighted by Crippen LogP contribution is 2.40. The summed E-state index contributed by atoms with van der Waals surface area (Å²) in [5.41, 5.74) is 2.19. The van der Waals surface area contributed by atoms with E-state index in [2.05, 4.69) is 15.6 Å². The van der Waals surface area contributed by atoms with Gasteiger partial charge in [0.2, 0.25) is 5.91 Å². The number of aryl methyl sites for hydroxylation is 1. The van der Waals surface area contributed by atoms with Gasteiger partial charge in [-0.05, 0) is 56.1 Å². The molecule has 7 nitrogen and oxygen atoms in total. The second kappa shape index (κ2) is 8.76. The van der Waals surface area contributed by atoms with Gasteiger partial charge in [0.05, 0.1) is 31.5 Å². The standard InChI is InChI=1S/C22H25N5O2S2/c1-13-19(14-6-9-23-10-7-14)31-21(25-13)15-11-27(12-15)22(29)17-4-5-18(30-17)26-20(28)16-3-2-8-24-16/h4-7,9-10,15-16,22,24,29H,2-3,8,11-12H2,1H3,(H,26,28)/t16-,22?/m0/s1. The average Bonchev–Trinajstić information content (AvgIpc) is 3.48. The van der Waals surface area contributed by atoms with E-state index in [1.54, 1.807) is 23.7 Å². The van der Waals surface area contributed by atoms with Crippen LogP contribution in [0.15, 0.2) is 36.7 Å². The highest BCUT2D eigenvalue weighted by atomic mass is 32.1. The lowest BCUT2D eigenvalue weighted by Crippen LogP contribution is -2.46. The fraction of sp³-hybridized carbons (Fsp3) is 0.409. The lowest BCUT2D eigenvalue weighted by Gasteiger charge is -2.40. The molecule has 3 N–H and O–H groups in total. The SMILES string of the molecule is Cc1nc(C2CN(C(O)c3ccc(NC(=O)[C@@H]4CCCN4)s3)C2)sc1-c1ccncc1. The minimum Gasteiger partial charge on any atom is -0.373 e. The van der Waals surface area contributed by atoms with Crippen molar-refractivity contribution in [2.24, 2.45) is 0 Å². The predicted octanol–water partition coefficient (Wildman–Crippen LogP) is 3.36. The normalized spacial score (nSPS) is 20.5. The number of aliphatic hydroxyl groups excluding tert-OH is 1. The van der Waals surface area contributed by atoms with Crippen molar-refractivity contribution in [1.82, 2.24) is 20.2 Å². The Hall–Kier alpha value is -2.17.